The van der Waals surface area contributed by atoms with E-state index in [4.69, 9.17) is 9.05 Å². The van der Waals surface area contributed by atoms with Crippen LogP contribution in [-0.2, 0) is 19.0 Å². The third-order valence-electron chi connectivity index (χ3n) is 1.93. The molecule has 0 aromatic carbocycles. The Bertz CT molecular complexity index is 375. The van der Waals surface area contributed by atoms with E-state index in [-0.39, 0.29) is 5.41 Å². The Hall–Kier alpha value is -0.710. The van der Waals surface area contributed by atoms with E-state index in [2.05, 4.69) is 10.2 Å². The van der Waals surface area contributed by atoms with Gasteiger partial charge < -0.3 is 0 Å². The van der Waals surface area contributed by atoms with E-state index >= 15 is 0 Å². The molecule has 1 aromatic rings. The lowest BCUT2D eigenvalue weighted by atomic mass is 9.96. The van der Waals surface area contributed by atoms with Crippen molar-refractivity contribution >= 4 is 7.75 Å². The normalized spacial score (nSPS) is 13.1. The van der Waals surface area contributed by atoms with Crippen LogP contribution in [-0.4, -0.2) is 28.8 Å². The molecule has 7 heteroatoms. The average Bonchev–Trinajstić information content (AvgIpc) is 2.65. The molecule has 0 spiro atoms. The Kier molecular flexibility index (Phi) is 3.33. The fourth-order valence-electron chi connectivity index (χ4n) is 1.15. The molecular weight excluding hydrogens is 217 g/mol. The Labute approximate surface area is 89.2 Å². The van der Waals surface area contributed by atoms with Crippen LogP contribution in [0.1, 0.15) is 26.6 Å². The molecule has 0 fully saturated rings. The number of nitrogens with zero attached hydrogens (tertiary/aromatic N) is 3. The molecule has 0 saturated carbocycles. The lowest BCUT2D eigenvalue weighted by Crippen LogP contribution is -2.19. The van der Waals surface area contributed by atoms with Crippen LogP contribution in [0.25, 0.3) is 0 Å². The first-order chi connectivity index (χ1) is 6.85. The molecule has 15 heavy (non-hydrogen) atoms. The highest BCUT2D eigenvalue weighted by Crippen LogP contribution is 2.49. The third-order valence-corrected chi connectivity index (χ3v) is 3.67. The van der Waals surface area contributed by atoms with Crippen molar-refractivity contribution in [1.82, 2.24) is 14.5 Å². The standard InChI is InChI=1S/C8H16N3O3P/c1-8(2,3)7-10-9-6-11(7)15(12,13-4)14-5/h6H,1-5H3. The molecule has 1 heterocycles. The quantitative estimate of drug-likeness (QED) is 0.745. The molecular formula is C8H16N3O3P. The smallest absolute Gasteiger partial charge is 0.295 e. The van der Waals surface area contributed by atoms with Gasteiger partial charge >= 0.3 is 7.75 Å². The maximum atomic E-state index is 12.1. The van der Waals surface area contributed by atoms with E-state index in [0.29, 0.717) is 5.82 Å². The summed E-state index contributed by atoms with van der Waals surface area (Å²) in [6, 6.07) is 0. The van der Waals surface area contributed by atoms with Gasteiger partial charge in [0.05, 0.1) is 0 Å². The van der Waals surface area contributed by atoms with Crippen LogP contribution in [0.5, 0.6) is 0 Å². The number of hydrogen-bond acceptors (Lipinski definition) is 5. The van der Waals surface area contributed by atoms with E-state index in [9.17, 15) is 4.57 Å². The average molecular weight is 233 g/mol. The van der Waals surface area contributed by atoms with E-state index in [1.807, 2.05) is 20.8 Å². The van der Waals surface area contributed by atoms with Crippen LogP contribution < -0.4 is 0 Å². The summed E-state index contributed by atoms with van der Waals surface area (Å²) in [5, 5.41) is 7.66. The second-order valence-electron chi connectivity index (χ2n) is 4.08. The molecule has 0 bridgehead atoms. The van der Waals surface area contributed by atoms with Gasteiger partial charge in [0.2, 0.25) is 0 Å². The molecule has 0 radical (unpaired) electrons. The summed E-state index contributed by atoms with van der Waals surface area (Å²) in [7, 11) is -0.668. The van der Waals surface area contributed by atoms with Gasteiger partial charge in [-0.15, -0.1) is 10.2 Å². The van der Waals surface area contributed by atoms with E-state index in [0.717, 1.165) is 0 Å². The molecule has 0 aliphatic carbocycles. The summed E-state index contributed by atoms with van der Waals surface area (Å²) in [6.45, 7) is 5.84. The molecule has 1 rings (SSSR count). The minimum absolute atomic E-state index is 0.275. The summed E-state index contributed by atoms with van der Waals surface area (Å²) in [4.78, 5) is 0. The zero-order chi connectivity index (χ0) is 11.7. The monoisotopic (exact) mass is 233 g/mol. The van der Waals surface area contributed by atoms with Crippen molar-refractivity contribution in [2.75, 3.05) is 14.2 Å². The zero-order valence-electron chi connectivity index (χ0n) is 9.59. The molecule has 0 aliphatic heterocycles. The van der Waals surface area contributed by atoms with Crippen LogP contribution >= 0.6 is 7.75 Å². The third kappa shape index (κ3) is 2.27. The molecule has 0 unspecified atom stereocenters. The molecule has 1 aromatic heterocycles. The van der Waals surface area contributed by atoms with Gasteiger partial charge in [-0.05, 0) is 0 Å². The summed E-state index contributed by atoms with van der Waals surface area (Å²) >= 11 is 0. The Morgan fingerprint density at radius 2 is 1.87 bits per heavy atom. The molecule has 6 nitrogen and oxygen atoms in total. The molecule has 86 valence electrons. The van der Waals surface area contributed by atoms with Gasteiger partial charge in [0.1, 0.15) is 12.2 Å². The van der Waals surface area contributed by atoms with Crippen molar-refractivity contribution in [3.63, 3.8) is 0 Å². The van der Waals surface area contributed by atoms with E-state index in [1.54, 1.807) is 0 Å². The van der Waals surface area contributed by atoms with Crippen LogP contribution in [0.2, 0.25) is 0 Å². The first-order valence-electron chi connectivity index (χ1n) is 4.48. The van der Waals surface area contributed by atoms with Gasteiger partial charge in [-0.3, -0.25) is 9.05 Å². The van der Waals surface area contributed by atoms with Gasteiger partial charge in [-0.1, -0.05) is 20.8 Å². The molecule has 0 aliphatic rings. The topological polar surface area (TPSA) is 66.2 Å². The summed E-state index contributed by atoms with van der Waals surface area (Å²) in [5.41, 5.74) is -0.275. The first kappa shape index (κ1) is 12.4. The van der Waals surface area contributed by atoms with Crippen LogP contribution in [0, 0.1) is 0 Å². The van der Waals surface area contributed by atoms with Gasteiger partial charge in [-0.2, -0.15) is 0 Å². The SMILES string of the molecule is COP(=O)(OC)n1cnnc1C(C)(C)C. The highest BCUT2D eigenvalue weighted by atomic mass is 31.2. The van der Waals surface area contributed by atoms with Crippen LogP contribution in [0.3, 0.4) is 0 Å². The van der Waals surface area contributed by atoms with Crippen molar-refractivity contribution in [2.45, 2.75) is 26.2 Å². The van der Waals surface area contributed by atoms with Gasteiger partial charge in [0.25, 0.3) is 0 Å². The first-order valence-corrected chi connectivity index (χ1v) is 5.97. The second-order valence-corrected chi connectivity index (χ2v) is 6.18. The largest absolute Gasteiger partial charge is 0.441 e. The van der Waals surface area contributed by atoms with Crippen molar-refractivity contribution in [1.29, 1.82) is 0 Å². The van der Waals surface area contributed by atoms with Crippen LogP contribution in [0.15, 0.2) is 6.33 Å². The highest BCUT2D eigenvalue weighted by Gasteiger charge is 2.32. The zero-order valence-corrected chi connectivity index (χ0v) is 10.5. The van der Waals surface area contributed by atoms with Gasteiger partial charge in [0, 0.05) is 19.6 Å². The van der Waals surface area contributed by atoms with Crippen molar-refractivity contribution < 1.29 is 13.6 Å². The molecule has 0 saturated heterocycles. The predicted octanol–water partition coefficient (Wildman–Crippen LogP) is 1.82. The van der Waals surface area contributed by atoms with E-state index < -0.39 is 7.75 Å². The molecule has 0 N–H and O–H groups in total. The molecule has 0 atom stereocenters. The predicted molar refractivity (Wildman–Crippen MR) is 55.7 cm³/mol. The van der Waals surface area contributed by atoms with Crippen molar-refractivity contribution in [3.8, 4) is 0 Å². The minimum Gasteiger partial charge on any atom is -0.295 e. The number of rotatable bonds is 3. The fraction of sp³-hybridized carbons (Fsp3) is 0.750. The Morgan fingerprint density at radius 1 is 1.33 bits per heavy atom. The lowest BCUT2D eigenvalue weighted by Gasteiger charge is -2.22. The van der Waals surface area contributed by atoms with Crippen molar-refractivity contribution in [3.05, 3.63) is 12.2 Å². The van der Waals surface area contributed by atoms with E-state index in [1.165, 1.54) is 24.9 Å². The second kappa shape index (κ2) is 4.04. The number of aromatic nitrogens is 3. The Balaban J connectivity index is 3.27. The number of hydrogen-bond donors (Lipinski definition) is 0. The van der Waals surface area contributed by atoms with Crippen LogP contribution in [0.4, 0.5) is 0 Å². The molecule has 0 amide bonds. The van der Waals surface area contributed by atoms with Gasteiger partial charge in [0.15, 0.2) is 0 Å². The Morgan fingerprint density at radius 3 is 2.27 bits per heavy atom. The lowest BCUT2D eigenvalue weighted by molar-refractivity contribution is 0.263. The minimum atomic E-state index is -3.33. The summed E-state index contributed by atoms with van der Waals surface area (Å²) in [6.07, 6.45) is 1.36. The fourth-order valence-corrected chi connectivity index (χ4v) is 2.40. The van der Waals surface area contributed by atoms with Crippen molar-refractivity contribution in [2.24, 2.45) is 0 Å². The highest BCUT2D eigenvalue weighted by molar-refractivity contribution is 7.52. The summed E-state index contributed by atoms with van der Waals surface area (Å²) in [5.74, 6) is 0.564. The van der Waals surface area contributed by atoms with Gasteiger partial charge in [-0.25, -0.2) is 8.90 Å². The maximum absolute atomic E-state index is 12.1. The summed E-state index contributed by atoms with van der Waals surface area (Å²) < 4.78 is 23.2. The maximum Gasteiger partial charge on any atom is 0.441 e.